The Morgan fingerprint density at radius 1 is 1.30 bits per heavy atom. The van der Waals surface area contributed by atoms with Crippen molar-refractivity contribution in [2.24, 2.45) is 5.92 Å². The third kappa shape index (κ3) is 1.67. The van der Waals surface area contributed by atoms with Crippen molar-refractivity contribution in [2.75, 3.05) is 24.5 Å². The number of nitriles is 1. The van der Waals surface area contributed by atoms with Crippen LogP contribution < -0.4 is 10.2 Å². The third-order valence-electron chi connectivity index (χ3n) is 4.56. The van der Waals surface area contributed by atoms with Crippen molar-refractivity contribution in [2.45, 2.75) is 12.5 Å². The standard InChI is InChI=1S/C16H16N4/c17-8-12-7-16(19-14-4-2-1-3-13(12)14)20-6-5-11-9-18-10-15(11)20/h1-4,7,11,15,18H,5-6,9-10H2/t11-,15+/m0/s1. The first kappa shape index (κ1) is 11.7. The Morgan fingerprint density at radius 2 is 2.20 bits per heavy atom. The largest absolute Gasteiger partial charge is 0.352 e. The van der Waals surface area contributed by atoms with E-state index in [0.717, 1.165) is 47.8 Å². The Balaban J connectivity index is 1.82. The van der Waals surface area contributed by atoms with E-state index in [4.69, 9.17) is 4.98 Å². The summed E-state index contributed by atoms with van der Waals surface area (Å²) in [5.41, 5.74) is 1.64. The van der Waals surface area contributed by atoms with Crippen molar-refractivity contribution >= 4 is 16.7 Å². The molecule has 20 heavy (non-hydrogen) atoms. The summed E-state index contributed by atoms with van der Waals surface area (Å²) in [5.74, 6) is 1.69. The molecule has 2 saturated heterocycles. The maximum Gasteiger partial charge on any atom is 0.130 e. The van der Waals surface area contributed by atoms with E-state index in [-0.39, 0.29) is 0 Å². The minimum Gasteiger partial charge on any atom is -0.352 e. The highest BCUT2D eigenvalue weighted by Crippen LogP contribution is 2.32. The quantitative estimate of drug-likeness (QED) is 0.854. The molecule has 0 unspecified atom stereocenters. The molecule has 0 bridgehead atoms. The molecule has 4 rings (SSSR count). The number of aromatic nitrogens is 1. The third-order valence-corrected chi connectivity index (χ3v) is 4.56. The van der Waals surface area contributed by atoms with E-state index in [9.17, 15) is 5.26 Å². The first-order chi connectivity index (χ1) is 9.86. The lowest BCUT2D eigenvalue weighted by Gasteiger charge is -2.25. The molecule has 1 aromatic heterocycles. The lowest BCUT2D eigenvalue weighted by Crippen LogP contribution is -2.34. The Kier molecular flexibility index (Phi) is 2.61. The SMILES string of the molecule is N#Cc1cc(N2CC[C@H]3CNC[C@H]32)nc2ccccc12. The second-order valence-corrected chi connectivity index (χ2v) is 5.62. The van der Waals surface area contributed by atoms with E-state index in [0.29, 0.717) is 6.04 Å². The first-order valence-corrected chi connectivity index (χ1v) is 7.14. The fraction of sp³-hybridized carbons (Fsp3) is 0.375. The molecule has 1 N–H and O–H groups in total. The van der Waals surface area contributed by atoms with Gasteiger partial charge in [-0.05, 0) is 24.5 Å². The Morgan fingerprint density at radius 3 is 3.10 bits per heavy atom. The molecular weight excluding hydrogens is 248 g/mol. The van der Waals surface area contributed by atoms with Crippen molar-refractivity contribution in [3.63, 3.8) is 0 Å². The van der Waals surface area contributed by atoms with Crippen LogP contribution >= 0.6 is 0 Å². The van der Waals surface area contributed by atoms with Gasteiger partial charge < -0.3 is 10.2 Å². The maximum atomic E-state index is 9.38. The van der Waals surface area contributed by atoms with Gasteiger partial charge in [-0.3, -0.25) is 0 Å². The maximum absolute atomic E-state index is 9.38. The van der Waals surface area contributed by atoms with Gasteiger partial charge in [-0.15, -0.1) is 0 Å². The Labute approximate surface area is 118 Å². The van der Waals surface area contributed by atoms with E-state index in [2.05, 4.69) is 16.3 Å². The van der Waals surface area contributed by atoms with Gasteiger partial charge in [-0.1, -0.05) is 18.2 Å². The minimum atomic E-state index is 0.537. The summed E-state index contributed by atoms with van der Waals surface area (Å²) >= 11 is 0. The zero-order valence-corrected chi connectivity index (χ0v) is 11.2. The molecule has 0 saturated carbocycles. The van der Waals surface area contributed by atoms with E-state index in [1.807, 2.05) is 30.3 Å². The minimum absolute atomic E-state index is 0.537. The van der Waals surface area contributed by atoms with Crippen LogP contribution in [0.3, 0.4) is 0 Å². The number of nitrogens with zero attached hydrogens (tertiary/aromatic N) is 3. The average Bonchev–Trinajstić information content (AvgIpc) is 3.08. The van der Waals surface area contributed by atoms with Gasteiger partial charge in [-0.2, -0.15) is 5.26 Å². The normalized spacial score (nSPS) is 24.9. The fourth-order valence-electron chi connectivity index (χ4n) is 3.53. The number of para-hydroxylation sites is 1. The zero-order chi connectivity index (χ0) is 13.5. The van der Waals surface area contributed by atoms with Crippen LogP contribution in [0.5, 0.6) is 0 Å². The van der Waals surface area contributed by atoms with Crippen molar-refractivity contribution in [1.29, 1.82) is 5.26 Å². The van der Waals surface area contributed by atoms with E-state index < -0.39 is 0 Å². The van der Waals surface area contributed by atoms with Gasteiger partial charge in [0.25, 0.3) is 0 Å². The molecular formula is C16H16N4. The number of rotatable bonds is 1. The van der Waals surface area contributed by atoms with Gasteiger partial charge in [0, 0.05) is 31.1 Å². The van der Waals surface area contributed by atoms with Gasteiger partial charge in [0.1, 0.15) is 5.82 Å². The van der Waals surface area contributed by atoms with Gasteiger partial charge in [0.15, 0.2) is 0 Å². The molecule has 1 aromatic carbocycles. The molecule has 0 amide bonds. The van der Waals surface area contributed by atoms with E-state index in [1.54, 1.807) is 0 Å². The predicted molar refractivity (Wildman–Crippen MR) is 78.6 cm³/mol. The molecule has 0 aliphatic carbocycles. The summed E-state index contributed by atoms with van der Waals surface area (Å²) in [6, 6.07) is 12.7. The summed E-state index contributed by atoms with van der Waals surface area (Å²) in [6.07, 6.45) is 1.22. The molecule has 2 aliphatic heterocycles. The van der Waals surface area contributed by atoms with Crippen LogP contribution in [0.25, 0.3) is 10.9 Å². The van der Waals surface area contributed by atoms with Crippen LogP contribution in [0.4, 0.5) is 5.82 Å². The first-order valence-electron chi connectivity index (χ1n) is 7.14. The summed E-state index contributed by atoms with van der Waals surface area (Å²) < 4.78 is 0. The average molecular weight is 264 g/mol. The molecule has 2 fully saturated rings. The molecule has 2 aromatic rings. The predicted octanol–water partition coefficient (Wildman–Crippen LogP) is 1.90. The highest BCUT2D eigenvalue weighted by Gasteiger charge is 2.38. The summed E-state index contributed by atoms with van der Waals surface area (Å²) in [5, 5.41) is 13.8. The van der Waals surface area contributed by atoms with Crippen molar-refractivity contribution in [3.05, 3.63) is 35.9 Å². The number of anilines is 1. The molecule has 2 atom stereocenters. The number of benzene rings is 1. The molecule has 4 heteroatoms. The van der Waals surface area contributed by atoms with Crippen LogP contribution in [0.1, 0.15) is 12.0 Å². The summed E-state index contributed by atoms with van der Waals surface area (Å²) in [4.78, 5) is 7.15. The molecule has 2 aliphatic rings. The monoisotopic (exact) mass is 264 g/mol. The Hall–Kier alpha value is -2.12. The van der Waals surface area contributed by atoms with Crippen LogP contribution in [-0.4, -0.2) is 30.7 Å². The highest BCUT2D eigenvalue weighted by molar-refractivity contribution is 5.86. The molecule has 100 valence electrons. The van der Waals surface area contributed by atoms with E-state index >= 15 is 0 Å². The van der Waals surface area contributed by atoms with E-state index in [1.165, 1.54) is 6.42 Å². The van der Waals surface area contributed by atoms with Gasteiger partial charge in [0.05, 0.1) is 17.1 Å². The topological polar surface area (TPSA) is 52.0 Å². The number of hydrogen-bond donors (Lipinski definition) is 1. The number of fused-ring (bicyclic) bond motifs is 2. The van der Waals surface area contributed by atoms with Crippen molar-refractivity contribution in [1.82, 2.24) is 10.3 Å². The number of pyridine rings is 1. The van der Waals surface area contributed by atoms with Crippen molar-refractivity contribution < 1.29 is 0 Å². The summed E-state index contributed by atoms with van der Waals surface area (Å²) in [7, 11) is 0. The zero-order valence-electron chi connectivity index (χ0n) is 11.2. The molecule has 0 spiro atoms. The van der Waals surface area contributed by atoms with Gasteiger partial charge in [0.2, 0.25) is 0 Å². The second-order valence-electron chi connectivity index (χ2n) is 5.62. The second kappa shape index (κ2) is 4.46. The molecule has 4 nitrogen and oxygen atoms in total. The molecule has 3 heterocycles. The van der Waals surface area contributed by atoms with Crippen LogP contribution in [0, 0.1) is 17.2 Å². The van der Waals surface area contributed by atoms with Crippen molar-refractivity contribution in [3.8, 4) is 6.07 Å². The smallest absolute Gasteiger partial charge is 0.130 e. The lowest BCUT2D eigenvalue weighted by molar-refractivity contribution is 0.577. The van der Waals surface area contributed by atoms with Crippen LogP contribution in [0.15, 0.2) is 30.3 Å². The van der Waals surface area contributed by atoms with Gasteiger partial charge >= 0.3 is 0 Å². The lowest BCUT2D eigenvalue weighted by atomic mass is 10.0. The van der Waals surface area contributed by atoms with Crippen LogP contribution in [-0.2, 0) is 0 Å². The van der Waals surface area contributed by atoms with Crippen LogP contribution in [0.2, 0.25) is 0 Å². The number of hydrogen-bond acceptors (Lipinski definition) is 4. The fourth-order valence-corrected chi connectivity index (χ4v) is 3.53. The summed E-state index contributed by atoms with van der Waals surface area (Å²) in [6.45, 7) is 3.19. The highest BCUT2D eigenvalue weighted by atomic mass is 15.3. The molecule has 0 radical (unpaired) electrons. The number of nitrogens with one attached hydrogen (secondary N) is 1. The Bertz CT molecular complexity index is 703. The van der Waals surface area contributed by atoms with Gasteiger partial charge in [-0.25, -0.2) is 4.98 Å².